The number of benzene rings is 2. The summed E-state index contributed by atoms with van der Waals surface area (Å²) in [6.07, 6.45) is 0. The first kappa shape index (κ1) is 18.7. The number of carbonyl (C=O) groups is 2. The fourth-order valence-electron chi connectivity index (χ4n) is 1.78. The minimum Gasteiger partial charge on any atom is -0.497 e. The number of hydrogen-bond donors (Lipinski definition) is 1. The summed E-state index contributed by atoms with van der Waals surface area (Å²) in [5, 5.41) is 2.20. The summed E-state index contributed by atoms with van der Waals surface area (Å²) in [6.45, 7) is -0.557. The van der Waals surface area contributed by atoms with Gasteiger partial charge in [0.25, 0.3) is 5.91 Å². The Balaban J connectivity index is 1.74. The Morgan fingerprint density at radius 2 is 1.84 bits per heavy atom. The Hall–Kier alpha value is -2.61. The first-order valence-corrected chi connectivity index (χ1v) is 8.14. The number of nitrogens with one attached hydrogen (secondary N) is 1. The maximum absolute atomic E-state index is 13.4. The molecule has 0 saturated heterocycles. The summed E-state index contributed by atoms with van der Waals surface area (Å²) >= 11 is 1.24. The van der Waals surface area contributed by atoms with Crippen LogP contribution in [0.15, 0.2) is 47.4 Å². The quantitative estimate of drug-likeness (QED) is 0.601. The molecule has 5 nitrogen and oxygen atoms in total. The number of amides is 1. The normalized spacial score (nSPS) is 10.2. The van der Waals surface area contributed by atoms with Crippen LogP contribution < -0.4 is 10.1 Å². The third-order valence-electron chi connectivity index (χ3n) is 2.99. The topological polar surface area (TPSA) is 64.6 Å². The van der Waals surface area contributed by atoms with Gasteiger partial charge in [-0.3, -0.25) is 9.59 Å². The predicted molar refractivity (Wildman–Crippen MR) is 89.7 cm³/mol. The highest BCUT2D eigenvalue weighted by atomic mass is 32.2. The van der Waals surface area contributed by atoms with Gasteiger partial charge in [0.15, 0.2) is 6.61 Å². The average molecular weight is 367 g/mol. The standard InChI is InChI=1S/C17H15F2NO4S/c1-23-12-3-5-13(6-4-12)25-10-17(22)24-9-16(21)20-15-7-2-11(18)8-14(15)19/h2-8H,9-10H2,1H3,(H,20,21). The molecule has 0 heterocycles. The molecular formula is C17H15F2NO4S. The van der Waals surface area contributed by atoms with Crippen LogP contribution >= 0.6 is 11.8 Å². The molecule has 2 aromatic rings. The molecule has 0 spiro atoms. The lowest BCUT2D eigenvalue weighted by molar-refractivity contribution is -0.144. The van der Waals surface area contributed by atoms with E-state index in [1.807, 2.05) is 0 Å². The number of halogens is 2. The van der Waals surface area contributed by atoms with Gasteiger partial charge in [0.2, 0.25) is 0 Å². The SMILES string of the molecule is COc1ccc(SCC(=O)OCC(=O)Nc2ccc(F)cc2F)cc1. The molecule has 2 aromatic carbocycles. The van der Waals surface area contributed by atoms with Crippen LogP contribution in [-0.2, 0) is 14.3 Å². The zero-order chi connectivity index (χ0) is 18.2. The molecule has 0 bridgehead atoms. The van der Waals surface area contributed by atoms with Crippen molar-refractivity contribution < 1.29 is 27.8 Å². The Labute approximate surface area is 147 Å². The second kappa shape index (κ2) is 9.03. The smallest absolute Gasteiger partial charge is 0.316 e. The molecular weight excluding hydrogens is 352 g/mol. The minimum atomic E-state index is -0.908. The van der Waals surface area contributed by atoms with Gasteiger partial charge < -0.3 is 14.8 Å². The molecule has 132 valence electrons. The zero-order valence-corrected chi connectivity index (χ0v) is 14.1. The van der Waals surface area contributed by atoms with Crippen molar-refractivity contribution in [2.24, 2.45) is 0 Å². The summed E-state index contributed by atoms with van der Waals surface area (Å²) in [7, 11) is 1.56. The molecule has 0 unspecified atom stereocenters. The Kier molecular flexibility index (Phi) is 6.76. The van der Waals surface area contributed by atoms with Gasteiger partial charge in [0.05, 0.1) is 18.6 Å². The lowest BCUT2D eigenvalue weighted by atomic mass is 10.3. The Morgan fingerprint density at radius 1 is 1.12 bits per heavy atom. The van der Waals surface area contributed by atoms with E-state index in [0.717, 1.165) is 17.0 Å². The summed E-state index contributed by atoms with van der Waals surface area (Å²) in [4.78, 5) is 24.1. The number of methoxy groups -OCH3 is 1. The van der Waals surface area contributed by atoms with Crippen molar-refractivity contribution in [3.8, 4) is 5.75 Å². The van der Waals surface area contributed by atoms with Crippen LogP contribution in [0.3, 0.4) is 0 Å². The van der Waals surface area contributed by atoms with E-state index in [-0.39, 0.29) is 11.4 Å². The Bertz CT molecular complexity index is 753. The molecule has 1 N–H and O–H groups in total. The van der Waals surface area contributed by atoms with Crippen LogP contribution in [0.25, 0.3) is 0 Å². The van der Waals surface area contributed by atoms with Crippen molar-refractivity contribution in [2.45, 2.75) is 4.90 Å². The van der Waals surface area contributed by atoms with E-state index in [0.29, 0.717) is 11.8 Å². The number of rotatable bonds is 7. The third kappa shape index (κ3) is 6.07. The van der Waals surface area contributed by atoms with E-state index >= 15 is 0 Å². The molecule has 0 aromatic heterocycles. The maximum Gasteiger partial charge on any atom is 0.316 e. The van der Waals surface area contributed by atoms with Crippen molar-refractivity contribution >= 4 is 29.3 Å². The van der Waals surface area contributed by atoms with Gasteiger partial charge in [0, 0.05) is 11.0 Å². The van der Waals surface area contributed by atoms with Crippen molar-refractivity contribution in [3.05, 3.63) is 54.1 Å². The molecule has 0 radical (unpaired) electrons. The van der Waals surface area contributed by atoms with Crippen molar-refractivity contribution in [2.75, 3.05) is 24.8 Å². The van der Waals surface area contributed by atoms with Gasteiger partial charge in [-0.25, -0.2) is 8.78 Å². The van der Waals surface area contributed by atoms with Gasteiger partial charge in [0.1, 0.15) is 17.4 Å². The molecule has 8 heteroatoms. The second-order valence-corrected chi connectivity index (χ2v) is 5.85. The van der Waals surface area contributed by atoms with Crippen LogP contribution in [0, 0.1) is 11.6 Å². The van der Waals surface area contributed by atoms with Crippen molar-refractivity contribution in [1.82, 2.24) is 0 Å². The van der Waals surface area contributed by atoms with Crippen LogP contribution in [-0.4, -0.2) is 31.3 Å². The van der Waals surface area contributed by atoms with E-state index in [4.69, 9.17) is 9.47 Å². The van der Waals surface area contributed by atoms with Gasteiger partial charge in [-0.15, -0.1) is 11.8 Å². The molecule has 2 rings (SSSR count). The molecule has 25 heavy (non-hydrogen) atoms. The number of thioether (sulfide) groups is 1. The van der Waals surface area contributed by atoms with Crippen molar-refractivity contribution in [3.63, 3.8) is 0 Å². The molecule has 0 fully saturated rings. The molecule has 0 aliphatic carbocycles. The van der Waals surface area contributed by atoms with Crippen LogP contribution in [0.5, 0.6) is 5.75 Å². The second-order valence-electron chi connectivity index (χ2n) is 4.80. The predicted octanol–water partition coefficient (Wildman–Crippen LogP) is 3.25. The molecule has 1 amide bonds. The van der Waals surface area contributed by atoms with Crippen LogP contribution in [0.1, 0.15) is 0 Å². The number of anilines is 1. The highest BCUT2D eigenvalue weighted by Crippen LogP contribution is 2.21. The molecule has 0 aliphatic heterocycles. The number of carbonyl (C=O) groups excluding carboxylic acids is 2. The number of esters is 1. The van der Waals surface area contributed by atoms with E-state index in [1.165, 1.54) is 11.8 Å². The van der Waals surface area contributed by atoms with Crippen LogP contribution in [0.4, 0.5) is 14.5 Å². The molecule has 0 atom stereocenters. The van der Waals surface area contributed by atoms with E-state index < -0.39 is 30.1 Å². The molecule has 0 aliphatic rings. The summed E-state index contributed by atoms with van der Waals surface area (Å²) in [6, 6.07) is 9.85. The monoisotopic (exact) mass is 367 g/mol. The molecule has 0 saturated carbocycles. The minimum absolute atomic E-state index is 0.0184. The first-order chi connectivity index (χ1) is 12.0. The summed E-state index contributed by atoms with van der Waals surface area (Å²) in [5.74, 6) is -2.24. The first-order valence-electron chi connectivity index (χ1n) is 7.15. The maximum atomic E-state index is 13.4. The van der Waals surface area contributed by atoms with Gasteiger partial charge in [-0.05, 0) is 36.4 Å². The van der Waals surface area contributed by atoms with Gasteiger partial charge in [-0.2, -0.15) is 0 Å². The lowest BCUT2D eigenvalue weighted by Crippen LogP contribution is -2.22. The highest BCUT2D eigenvalue weighted by molar-refractivity contribution is 8.00. The summed E-state index contributed by atoms with van der Waals surface area (Å²) < 4.78 is 36.0. The van der Waals surface area contributed by atoms with Gasteiger partial charge >= 0.3 is 5.97 Å². The average Bonchev–Trinajstić information content (AvgIpc) is 2.61. The van der Waals surface area contributed by atoms with E-state index in [2.05, 4.69) is 5.32 Å². The van der Waals surface area contributed by atoms with E-state index in [1.54, 1.807) is 31.4 Å². The number of ether oxygens (including phenoxy) is 2. The largest absolute Gasteiger partial charge is 0.497 e. The third-order valence-corrected chi connectivity index (χ3v) is 3.97. The van der Waals surface area contributed by atoms with Crippen molar-refractivity contribution in [1.29, 1.82) is 0 Å². The fraction of sp³-hybridized carbons (Fsp3) is 0.176. The van der Waals surface area contributed by atoms with Crippen LogP contribution in [0.2, 0.25) is 0 Å². The fourth-order valence-corrected chi connectivity index (χ4v) is 2.48. The lowest BCUT2D eigenvalue weighted by Gasteiger charge is -2.07. The van der Waals surface area contributed by atoms with E-state index in [9.17, 15) is 18.4 Å². The number of hydrogen-bond acceptors (Lipinski definition) is 5. The highest BCUT2D eigenvalue weighted by Gasteiger charge is 2.11. The Morgan fingerprint density at radius 3 is 2.48 bits per heavy atom. The summed E-state index contributed by atoms with van der Waals surface area (Å²) in [5.41, 5.74) is -0.185. The van der Waals surface area contributed by atoms with Gasteiger partial charge in [-0.1, -0.05) is 0 Å². The zero-order valence-electron chi connectivity index (χ0n) is 13.3.